The van der Waals surface area contributed by atoms with Crippen molar-refractivity contribution in [3.8, 4) is 5.75 Å². The number of aliphatic hydroxyl groups is 1. The quantitative estimate of drug-likeness (QED) is 0.753. The lowest BCUT2D eigenvalue weighted by Crippen LogP contribution is -2.03. The van der Waals surface area contributed by atoms with E-state index in [1.54, 1.807) is 7.11 Å². The lowest BCUT2D eigenvalue weighted by Gasteiger charge is -2.15. The van der Waals surface area contributed by atoms with Crippen molar-refractivity contribution in [2.24, 2.45) is 0 Å². The van der Waals surface area contributed by atoms with E-state index in [2.05, 4.69) is 12.6 Å². The van der Waals surface area contributed by atoms with Crippen molar-refractivity contribution in [2.45, 2.75) is 20.0 Å². The van der Waals surface area contributed by atoms with Gasteiger partial charge in [0.2, 0.25) is 0 Å². The van der Waals surface area contributed by atoms with Gasteiger partial charge in [0.25, 0.3) is 0 Å². The molecule has 0 aliphatic carbocycles. The topological polar surface area (TPSA) is 29.5 Å². The molecule has 2 nitrogen and oxygen atoms in total. The Morgan fingerprint density at radius 2 is 1.93 bits per heavy atom. The number of thiol groups is 1. The molecule has 1 N–H and O–H groups in total. The van der Waals surface area contributed by atoms with Gasteiger partial charge in [0.1, 0.15) is 5.75 Å². The van der Waals surface area contributed by atoms with Gasteiger partial charge in [-0.3, -0.25) is 0 Å². The number of hydrogen-bond donors (Lipinski definition) is 2. The smallest absolute Gasteiger partial charge is 0.124 e. The highest BCUT2D eigenvalue weighted by Gasteiger charge is 2.12. The average molecular weight is 212 g/mol. The summed E-state index contributed by atoms with van der Waals surface area (Å²) < 4.78 is 5.21. The Morgan fingerprint density at radius 1 is 1.36 bits per heavy atom. The Balaban J connectivity index is 3.19. The van der Waals surface area contributed by atoms with Crippen LogP contribution in [0.5, 0.6) is 5.75 Å². The number of rotatable bonds is 3. The van der Waals surface area contributed by atoms with Crippen LogP contribution in [0, 0.1) is 13.8 Å². The van der Waals surface area contributed by atoms with Gasteiger partial charge in [-0.1, -0.05) is 0 Å². The first-order chi connectivity index (χ1) is 6.60. The Kier molecular flexibility index (Phi) is 3.84. The normalized spacial score (nSPS) is 12.6. The number of aliphatic hydroxyl groups excluding tert-OH is 1. The van der Waals surface area contributed by atoms with Crippen LogP contribution in [0.4, 0.5) is 0 Å². The highest BCUT2D eigenvalue weighted by molar-refractivity contribution is 7.80. The first kappa shape index (κ1) is 11.4. The zero-order chi connectivity index (χ0) is 10.7. The second kappa shape index (κ2) is 4.71. The second-order valence-electron chi connectivity index (χ2n) is 3.38. The summed E-state index contributed by atoms with van der Waals surface area (Å²) in [4.78, 5) is 0. The molecular formula is C11H16O2S. The van der Waals surface area contributed by atoms with Crippen LogP contribution in [0.2, 0.25) is 0 Å². The minimum absolute atomic E-state index is 0.402. The van der Waals surface area contributed by atoms with E-state index in [1.807, 2.05) is 26.0 Å². The lowest BCUT2D eigenvalue weighted by atomic mass is 10.0. The molecule has 1 aromatic carbocycles. The van der Waals surface area contributed by atoms with Gasteiger partial charge in [-0.25, -0.2) is 0 Å². The van der Waals surface area contributed by atoms with Crippen molar-refractivity contribution >= 4 is 12.6 Å². The fraction of sp³-hybridized carbons (Fsp3) is 0.455. The van der Waals surface area contributed by atoms with Crippen LogP contribution in [0.1, 0.15) is 22.8 Å². The molecule has 0 saturated heterocycles. The zero-order valence-electron chi connectivity index (χ0n) is 8.74. The molecule has 0 aliphatic heterocycles. The Hall–Kier alpha value is -0.670. The summed E-state index contributed by atoms with van der Waals surface area (Å²) in [6.45, 7) is 4.04. The van der Waals surface area contributed by atoms with Crippen molar-refractivity contribution in [2.75, 3.05) is 12.9 Å². The highest BCUT2D eigenvalue weighted by Crippen LogP contribution is 2.28. The summed E-state index contributed by atoms with van der Waals surface area (Å²) in [6, 6.07) is 3.90. The van der Waals surface area contributed by atoms with E-state index >= 15 is 0 Å². The van der Waals surface area contributed by atoms with Crippen LogP contribution in [-0.4, -0.2) is 18.0 Å². The molecule has 1 unspecified atom stereocenters. The number of benzene rings is 1. The van der Waals surface area contributed by atoms with Gasteiger partial charge in [-0.05, 0) is 37.1 Å². The molecule has 0 radical (unpaired) electrons. The van der Waals surface area contributed by atoms with E-state index in [9.17, 15) is 5.11 Å². The molecule has 1 rings (SSSR count). The van der Waals surface area contributed by atoms with Crippen LogP contribution in [0.15, 0.2) is 12.1 Å². The van der Waals surface area contributed by atoms with Crippen LogP contribution in [0.25, 0.3) is 0 Å². The maximum absolute atomic E-state index is 9.70. The molecule has 0 heterocycles. The van der Waals surface area contributed by atoms with Crippen LogP contribution < -0.4 is 4.74 Å². The van der Waals surface area contributed by atoms with Gasteiger partial charge in [0.15, 0.2) is 0 Å². The zero-order valence-corrected chi connectivity index (χ0v) is 9.64. The average Bonchev–Trinajstić information content (AvgIpc) is 2.20. The van der Waals surface area contributed by atoms with E-state index in [0.717, 1.165) is 22.4 Å². The summed E-state index contributed by atoms with van der Waals surface area (Å²) in [5.74, 6) is 1.13. The standard InChI is InChI=1S/C11H16O2S/c1-7-4-9(10(12)6-14)11(13-3)5-8(7)2/h4-5,10,12,14H,6H2,1-3H3. The van der Waals surface area contributed by atoms with Crippen LogP contribution >= 0.6 is 12.6 Å². The first-order valence-corrected chi connectivity index (χ1v) is 5.17. The third-order valence-electron chi connectivity index (χ3n) is 2.38. The molecule has 0 amide bonds. The van der Waals surface area contributed by atoms with Crippen molar-refractivity contribution in [3.05, 3.63) is 28.8 Å². The minimum Gasteiger partial charge on any atom is -0.496 e. The van der Waals surface area contributed by atoms with Gasteiger partial charge < -0.3 is 9.84 Å². The first-order valence-electron chi connectivity index (χ1n) is 4.54. The van der Waals surface area contributed by atoms with Gasteiger partial charge in [0.05, 0.1) is 13.2 Å². The largest absolute Gasteiger partial charge is 0.496 e. The minimum atomic E-state index is -0.562. The maximum atomic E-state index is 9.70. The third kappa shape index (κ3) is 2.22. The molecule has 78 valence electrons. The summed E-state index contributed by atoms with van der Waals surface area (Å²) in [6.07, 6.45) is -0.562. The predicted octanol–water partition coefficient (Wildman–Crippen LogP) is 2.28. The monoisotopic (exact) mass is 212 g/mol. The lowest BCUT2D eigenvalue weighted by molar-refractivity contribution is 0.199. The van der Waals surface area contributed by atoms with Crippen molar-refractivity contribution in [1.29, 1.82) is 0 Å². The number of methoxy groups -OCH3 is 1. The van der Waals surface area contributed by atoms with Gasteiger partial charge in [0, 0.05) is 11.3 Å². The van der Waals surface area contributed by atoms with E-state index in [0.29, 0.717) is 5.75 Å². The molecule has 14 heavy (non-hydrogen) atoms. The molecule has 0 saturated carbocycles. The van der Waals surface area contributed by atoms with Crippen molar-refractivity contribution in [3.63, 3.8) is 0 Å². The summed E-state index contributed by atoms with van der Waals surface area (Å²) in [5.41, 5.74) is 3.13. The SMILES string of the molecule is COc1cc(C)c(C)cc1C(O)CS. The summed E-state index contributed by atoms with van der Waals surface area (Å²) in [7, 11) is 1.61. The third-order valence-corrected chi connectivity index (χ3v) is 2.72. The predicted molar refractivity (Wildman–Crippen MR) is 61.3 cm³/mol. The molecular weight excluding hydrogens is 196 g/mol. The highest BCUT2D eigenvalue weighted by atomic mass is 32.1. The van der Waals surface area contributed by atoms with Gasteiger partial charge in [-0.15, -0.1) is 0 Å². The molecule has 0 aliphatic rings. The van der Waals surface area contributed by atoms with E-state index < -0.39 is 6.10 Å². The number of ether oxygens (including phenoxy) is 1. The molecule has 0 fully saturated rings. The number of hydrogen-bond acceptors (Lipinski definition) is 3. The summed E-state index contributed by atoms with van der Waals surface area (Å²) >= 11 is 4.07. The molecule has 1 atom stereocenters. The molecule has 0 bridgehead atoms. The van der Waals surface area contributed by atoms with Gasteiger partial charge in [-0.2, -0.15) is 12.6 Å². The van der Waals surface area contributed by atoms with Gasteiger partial charge >= 0.3 is 0 Å². The molecule has 1 aromatic rings. The fourth-order valence-electron chi connectivity index (χ4n) is 1.35. The Morgan fingerprint density at radius 3 is 2.43 bits per heavy atom. The van der Waals surface area contributed by atoms with Crippen molar-refractivity contribution < 1.29 is 9.84 Å². The fourth-order valence-corrected chi connectivity index (χ4v) is 1.54. The second-order valence-corrected chi connectivity index (χ2v) is 3.74. The molecule has 3 heteroatoms. The van der Waals surface area contributed by atoms with E-state index in [-0.39, 0.29) is 0 Å². The van der Waals surface area contributed by atoms with Crippen LogP contribution in [0.3, 0.4) is 0 Å². The summed E-state index contributed by atoms with van der Waals surface area (Å²) in [5, 5.41) is 9.70. The molecule has 0 spiro atoms. The number of aryl methyl sites for hydroxylation is 2. The molecule has 0 aromatic heterocycles. The maximum Gasteiger partial charge on any atom is 0.124 e. The van der Waals surface area contributed by atoms with Crippen molar-refractivity contribution in [1.82, 2.24) is 0 Å². The Labute approximate surface area is 90.3 Å². The van der Waals surface area contributed by atoms with Crippen LogP contribution in [-0.2, 0) is 0 Å². The van der Waals surface area contributed by atoms with E-state index in [1.165, 1.54) is 0 Å². The van der Waals surface area contributed by atoms with E-state index in [4.69, 9.17) is 4.74 Å². The Bertz CT molecular complexity index is 323.